The number of para-hydroxylation sites is 1. The molecule has 0 unspecified atom stereocenters. The number of piperazine rings is 1. The predicted octanol–water partition coefficient (Wildman–Crippen LogP) is 1.89. The summed E-state index contributed by atoms with van der Waals surface area (Å²) in [4.78, 5) is 24.5. The van der Waals surface area contributed by atoms with Gasteiger partial charge in [0, 0.05) is 56.6 Å². The summed E-state index contributed by atoms with van der Waals surface area (Å²) >= 11 is 0. The molecule has 0 N–H and O–H groups in total. The van der Waals surface area contributed by atoms with E-state index in [-0.39, 0.29) is 11.9 Å². The van der Waals surface area contributed by atoms with Gasteiger partial charge in [-0.25, -0.2) is 9.97 Å². The minimum atomic E-state index is -0.0166. The molecular formula is C18H22N4O2. The third kappa shape index (κ3) is 3.54. The number of aromatic nitrogens is 2. The second kappa shape index (κ2) is 7.40. The monoisotopic (exact) mass is 326 g/mol. The number of amides is 1. The molecule has 1 aliphatic rings. The number of ether oxygens (including phenoxy) is 1. The Morgan fingerprint density at radius 2 is 2.00 bits per heavy atom. The lowest BCUT2D eigenvalue weighted by molar-refractivity contribution is -0.134. The van der Waals surface area contributed by atoms with E-state index in [0.29, 0.717) is 6.54 Å². The summed E-state index contributed by atoms with van der Waals surface area (Å²) in [6.07, 6.45) is 5.21. The molecule has 1 aromatic heterocycles. The van der Waals surface area contributed by atoms with Crippen LogP contribution in [0.3, 0.4) is 0 Å². The molecule has 1 aliphatic heterocycles. The van der Waals surface area contributed by atoms with Crippen molar-refractivity contribution in [3.05, 3.63) is 54.1 Å². The Morgan fingerprint density at radius 1 is 1.25 bits per heavy atom. The average Bonchev–Trinajstić information content (AvgIpc) is 2.62. The fraction of sp³-hybridized carbons (Fsp3) is 0.389. The maximum absolute atomic E-state index is 12.1. The van der Waals surface area contributed by atoms with Crippen LogP contribution in [0.1, 0.15) is 24.1 Å². The zero-order valence-electron chi connectivity index (χ0n) is 14.1. The van der Waals surface area contributed by atoms with Crippen LogP contribution in [-0.2, 0) is 11.3 Å². The first-order chi connectivity index (χ1) is 11.7. The van der Waals surface area contributed by atoms with Crippen molar-refractivity contribution in [3.8, 4) is 5.75 Å². The first-order valence-corrected chi connectivity index (χ1v) is 8.05. The number of benzene rings is 1. The van der Waals surface area contributed by atoms with Crippen LogP contribution >= 0.6 is 0 Å². The van der Waals surface area contributed by atoms with Crippen LogP contribution in [-0.4, -0.2) is 52.4 Å². The summed E-state index contributed by atoms with van der Waals surface area (Å²) in [6.45, 7) is 4.70. The van der Waals surface area contributed by atoms with Gasteiger partial charge in [0.1, 0.15) is 12.1 Å². The van der Waals surface area contributed by atoms with Gasteiger partial charge in [0.05, 0.1) is 13.2 Å². The van der Waals surface area contributed by atoms with Crippen molar-refractivity contribution in [2.45, 2.75) is 19.5 Å². The molecule has 1 fully saturated rings. The summed E-state index contributed by atoms with van der Waals surface area (Å²) in [5, 5.41) is 0. The molecule has 3 rings (SSSR count). The fourth-order valence-corrected chi connectivity index (χ4v) is 3.24. The third-order valence-corrected chi connectivity index (χ3v) is 4.39. The zero-order valence-corrected chi connectivity index (χ0v) is 14.1. The Kier molecular flexibility index (Phi) is 5.05. The molecule has 6 heteroatoms. The normalized spacial score (nSPS) is 18.4. The lowest BCUT2D eigenvalue weighted by atomic mass is 10.0. The van der Waals surface area contributed by atoms with Crippen molar-refractivity contribution in [2.75, 3.05) is 26.7 Å². The van der Waals surface area contributed by atoms with Crippen molar-refractivity contribution >= 4 is 5.91 Å². The van der Waals surface area contributed by atoms with Gasteiger partial charge < -0.3 is 9.64 Å². The molecule has 24 heavy (non-hydrogen) atoms. The second-order valence-corrected chi connectivity index (χ2v) is 5.95. The standard InChI is InChI=1S/C18H22N4O2/c1-14(23)22-8-7-21(11-15-9-19-13-20-10-15)12-17(22)16-5-3-4-6-18(16)24-2/h3-6,9-10,13,17H,7-8,11-12H2,1-2H3/t17-/m1/s1. The number of hydrogen-bond acceptors (Lipinski definition) is 5. The van der Waals surface area contributed by atoms with Crippen LogP contribution in [0.25, 0.3) is 0 Å². The topological polar surface area (TPSA) is 58.6 Å². The van der Waals surface area contributed by atoms with Gasteiger partial charge in [-0.1, -0.05) is 18.2 Å². The van der Waals surface area contributed by atoms with Crippen LogP contribution in [0.4, 0.5) is 0 Å². The van der Waals surface area contributed by atoms with E-state index in [4.69, 9.17) is 4.74 Å². The number of rotatable bonds is 4. The Hall–Kier alpha value is -2.47. The molecule has 2 aromatic rings. The maximum Gasteiger partial charge on any atom is 0.220 e. The van der Waals surface area contributed by atoms with E-state index in [0.717, 1.165) is 36.5 Å². The Bertz CT molecular complexity index is 692. The summed E-state index contributed by atoms with van der Waals surface area (Å²) in [5.74, 6) is 0.909. The van der Waals surface area contributed by atoms with Crippen LogP contribution in [0, 0.1) is 0 Å². The lowest BCUT2D eigenvalue weighted by Gasteiger charge is -2.41. The summed E-state index contributed by atoms with van der Waals surface area (Å²) in [7, 11) is 1.67. The number of methoxy groups -OCH3 is 1. The number of carbonyl (C=O) groups is 1. The van der Waals surface area contributed by atoms with Gasteiger partial charge in [-0.15, -0.1) is 0 Å². The van der Waals surface area contributed by atoms with Crippen LogP contribution in [0.2, 0.25) is 0 Å². The van der Waals surface area contributed by atoms with Gasteiger partial charge in [0.2, 0.25) is 5.91 Å². The highest BCUT2D eigenvalue weighted by molar-refractivity contribution is 5.74. The number of nitrogens with zero attached hydrogens (tertiary/aromatic N) is 4. The number of carbonyl (C=O) groups excluding carboxylic acids is 1. The summed E-state index contributed by atoms with van der Waals surface area (Å²) in [6, 6.07) is 7.89. The van der Waals surface area contributed by atoms with Gasteiger partial charge in [-0.2, -0.15) is 0 Å². The molecule has 2 heterocycles. The minimum absolute atomic E-state index is 0.0166. The largest absolute Gasteiger partial charge is 0.496 e. The zero-order chi connectivity index (χ0) is 16.9. The smallest absolute Gasteiger partial charge is 0.220 e. The molecule has 1 saturated heterocycles. The molecule has 0 aliphatic carbocycles. The van der Waals surface area contributed by atoms with E-state index in [1.165, 1.54) is 6.33 Å². The van der Waals surface area contributed by atoms with Crippen molar-refractivity contribution in [2.24, 2.45) is 0 Å². The van der Waals surface area contributed by atoms with Gasteiger partial charge in [-0.05, 0) is 6.07 Å². The highest BCUT2D eigenvalue weighted by Gasteiger charge is 2.31. The number of hydrogen-bond donors (Lipinski definition) is 0. The summed E-state index contributed by atoms with van der Waals surface area (Å²) in [5.41, 5.74) is 2.12. The molecule has 1 atom stereocenters. The molecule has 0 spiro atoms. The third-order valence-electron chi connectivity index (χ3n) is 4.39. The van der Waals surface area contributed by atoms with Gasteiger partial charge in [0.15, 0.2) is 0 Å². The maximum atomic E-state index is 12.1. The van der Waals surface area contributed by atoms with E-state index in [2.05, 4.69) is 14.9 Å². The molecular weight excluding hydrogens is 304 g/mol. The molecule has 126 valence electrons. The van der Waals surface area contributed by atoms with Crippen molar-refractivity contribution in [1.82, 2.24) is 19.8 Å². The molecule has 6 nitrogen and oxygen atoms in total. The lowest BCUT2D eigenvalue weighted by Crippen LogP contribution is -2.49. The van der Waals surface area contributed by atoms with Crippen molar-refractivity contribution in [3.63, 3.8) is 0 Å². The Morgan fingerprint density at radius 3 is 2.71 bits per heavy atom. The quantitative estimate of drug-likeness (QED) is 0.859. The predicted molar refractivity (Wildman–Crippen MR) is 90.4 cm³/mol. The SMILES string of the molecule is COc1ccccc1[C@H]1CN(Cc2cncnc2)CCN1C(C)=O. The molecule has 0 saturated carbocycles. The highest BCUT2D eigenvalue weighted by Crippen LogP contribution is 2.32. The van der Waals surface area contributed by atoms with E-state index in [9.17, 15) is 4.79 Å². The van der Waals surface area contributed by atoms with Crippen LogP contribution < -0.4 is 4.74 Å². The van der Waals surface area contributed by atoms with E-state index in [1.807, 2.05) is 41.6 Å². The van der Waals surface area contributed by atoms with Gasteiger partial charge >= 0.3 is 0 Å². The molecule has 1 aromatic carbocycles. The first-order valence-electron chi connectivity index (χ1n) is 8.05. The minimum Gasteiger partial charge on any atom is -0.496 e. The van der Waals surface area contributed by atoms with Gasteiger partial charge in [-0.3, -0.25) is 9.69 Å². The van der Waals surface area contributed by atoms with E-state index >= 15 is 0 Å². The van der Waals surface area contributed by atoms with Gasteiger partial charge in [0.25, 0.3) is 0 Å². The first kappa shape index (κ1) is 16.4. The molecule has 0 radical (unpaired) electrons. The molecule has 1 amide bonds. The van der Waals surface area contributed by atoms with Crippen LogP contribution in [0.5, 0.6) is 5.75 Å². The molecule has 0 bridgehead atoms. The Labute approximate surface area is 142 Å². The fourth-order valence-electron chi connectivity index (χ4n) is 3.24. The second-order valence-electron chi connectivity index (χ2n) is 5.95. The van der Waals surface area contributed by atoms with E-state index in [1.54, 1.807) is 14.0 Å². The van der Waals surface area contributed by atoms with E-state index < -0.39 is 0 Å². The van der Waals surface area contributed by atoms with Crippen molar-refractivity contribution in [1.29, 1.82) is 0 Å². The highest BCUT2D eigenvalue weighted by atomic mass is 16.5. The van der Waals surface area contributed by atoms with Crippen molar-refractivity contribution < 1.29 is 9.53 Å². The van der Waals surface area contributed by atoms with Crippen LogP contribution in [0.15, 0.2) is 43.0 Å². The summed E-state index contributed by atoms with van der Waals surface area (Å²) < 4.78 is 5.50. The average molecular weight is 326 g/mol. The Balaban J connectivity index is 1.83.